The summed E-state index contributed by atoms with van der Waals surface area (Å²) in [6.07, 6.45) is 9.75. The molecule has 1 aliphatic rings. The summed E-state index contributed by atoms with van der Waals surface area (Å²) < 4.78 is 0. The molecule has 20 heavy (non-hydrogen) atoms. The third-order valence-corrected chi connectivity index (χ3v) is 5.00. The van der Waals surface area contributed by atoms with E-state index in [0.29, 0.717) is 6.04 Å². The maximum atomic E-state index is 6.30. The molecule has 0 spiro atoms. The molecule has 0 aromatic heterocycles. The summed E-state index contributed by atoms with van der Waals surface area (Å²) in [5.41, 5.74) is 2.52. The lowest BCUT2D eigenvalue weighted by molar-refractivity contribution is 0.359. The van der Waals surface area contributed by atoms with Crippen LogP contribution in [0.1, 0.15) is 69.0 Å². The predicted molar refractivity (Wildman–Crippen MR) is 88.4 cm³/mol. The lowest BCUT2D eigenvalue weighted by Gasteiger charge is -2.24. The van der Waals surface area contributed by atoms with Gasteiger partial charge in [0.15, 0.2) is 0 Å². The number of halogens is 1. The van der Waals surface area contributed by atoms with E-state index in [4.69, 9.17) is 11.6 Å². The fourth-order valence-corrected chi connectivity index (χ4v) is 3.53. The predicted octanol–water partition coefficient (Wildman–Crippen LogP) is 5.66. The second-order valence-electron chi connectivity index (χ2n) is 6.21. The van der Waals surface area contributed by atoms with Crippen molar-refractivity contribution >= 4 is 11.6 Å². The van der Waals surface area contributed by atoms with E-state index in [1.165, 1.54) is 56.1 Å². The smallest absolute Gasteiger partial charge is 0.0438 e. The van der Waals surface area contributed by atoms with Gasteiger partial charge < -0.3 is 5.32 Å². The summed E-state index contributed by atoms with van der Waals surface area (Å²) in [6.45, 7) is 5.28. The largest absolute Gasteiger partial charge is 0.310 e. The molecule has 2 heteroatoms. The zero-order valence-corrected chi connectivity index (χ0v) is 13.7. The van der Waals surface area contributed by atoms with Crippen LogP contribution in [0.25, 0.3) is 0 Å². The Bertz CT molecular complexity index is 408. The van der Waals surface area contributed by atoms with Gasteiger partial charge in [0.2, 0.25) is 0 Å². The molecule has 0 radical (unpaired) electrons. The van der Waals surface area contributed by atoms with E-state index in [1.54, 1.807) is 0 Å². The molecule has 0 aliphatic heterocycles. The SMILES string of the molecule is CCNC(CC1CCCCCC1)c1ccc(C)c(Cl)c1. The molecule has 1 aliphatic carbocycles. The van der Waals surface area contributed by atoms with Crippen LogP contribution in [-0.2, 0) is 0 Å². The number of benzene rings is 1. The van der Waals surface area contributed by atoms with Crippen LogP contribution in [0.5, 0.6) is 0 Å². The first-order valence-electron chi connectivity index (χ1n) is 8.20. The van der Waals surface area contributed by atoms with Gasteiger partial charge in [-0.3, -0.25) is 0 Å². The number of hydrogen-bond acceptors (Lipinski definition) is 1. The molecule has 0 amide bonds. The van der Waals surface area contributed by atoms with Gasteiger partial charge in [-0.25, -0.2) is 0 Å². The molecule has 1 N–H and O–H groups in total. The fourth-order valence-electron chi connectivity index (χ4n) is 3.34. The van der Waals surface area contributed by atoms with Crippen LogP contribution in [0, 0.1) is 12.8 Å². The molecule has 1 nitrogen and oxygen atoms in total. The Labute approximate surface area is 129 Å². The molecule has 0 bridgehead atoms. The normalized spacial score (nSPS) is 18.8. The highest BCUT2D eigenvalue weighted by Gasteiger charge is 2.19. The van der Waals surface area contributed by atoms with Crippen molar-refractivity contribution in [1.82, 2.24) is 5.32 Å². The van der Waals surface area contributed by atoms with Gasteiger partial charge in [-0.2, -0.15) is 0 Å². The molecule has 0 heterocycles. The van der Waals surface area contributed by atoms with Crippen LogP contribution >= 0.6 is 11.6 Å². The first-order chi connectivity index (χ1) is 9.70. The van der Waals surface area contributed by atoms with E-state index in [1.807, 2.05) is 0 Å². The second kappa shape index (κ2) is 8.05. The van der Waals surface area contributed by atoms with Crippen molar-refractivity contribution in [3.63, 3.8) is 0 Å². The van der Waals surface area contributed by atoms with Crippen LogP contribution < -0.4 is 5.32 Å². The van der Waals surface area contributed by atoms with E-state index in [0.717, 1.165) is 17.5 Å². The molecule has 1 aromatic rings. The van der Waals surface area contributed by atoms with E-state index in [-0.39, 0.29) is 0 Å². The highest BCUT2D eigenvalue weighted by molar-refractivity contribution is 6.31. The number of aryl methyl sites for hydroxylation is 1. The molecular weight excluding hydrogens is 266 g/mol. The molecule has 0 saturated heterocycles. The molecule has 1 aromatic carbocycles. The molecule has 1 fully saturated rings. The Morgan fingerprint density at radius 3 is 2.50 bits per heavy atom. The van der Waals surface area contributed by atoms with Crippen LogP contribution in [0.15, 0.2) is 18.2 Å². The zero-order chi connectivity index (χ0) is 14.4. The van der Waals surface area contributed by atoms with Crippen molar-refractivity contribution in [2.24, 2.45) is 5.92 Å². The topological polar surface area (TPSA) is 12.0 Å². The van der Waals surface area contributed by atoms with Gasteiger partial charge in [0, 0.05) is 11.1 Å². The van der Waals surface area contributed by atoms with E-state index in [9.17, 15) is 0 Å². The lowest BCUT2D eigenvalue weighted by Crippen LogP contribution is -2.23. The quantitative estimate of drug-likeness (QED) is 0.691. The van der Waals surface area contributed by atoms with Gasteiger partial charge in [0.1, 0.15) is 0 Å². The molecule has 1 unspecified atom stereocenters. The lowest BCUT2D eigenvalue weighted by atomic mass is 9.89. The average molecular weight is 294 g/mol. The zero-order valence-electron chi connectivity index (χ0n) is 12.9. The van der Waals surface area contributed by atoms with Crippen molar-refractivity contribution in [3.05, 3.63) is 34.3 Å². The number of hydrogen-bond donors (Lipinski definition) is 1. The van der Waals surface area contributed by atoms with Gasteiger partial charge in [0.25, 0.3) is 0 Å². The van der Waals surface area contributed by atoms with E-state index < -0.39 is 0 Å². The van der Waals surface area contributed by atoms with Gasteiger partial charge in [0.05, 0.1) is 0 Å². The van der Waals surface area contributed by atoms with Crippen molar-refractivity contribution < 1.29 is 0 Å². The first-order valence-corrected chi connectivity index (χ1v) is 8.58. The third kappa shape index (κ3) is 4.49. The summed E-state index contributed by atoms with van der Waals surface area (Å²) in [7, 11) is 0. The summed E-state index contributed by atoms with van der Waals surface area (Å²) in [5.74, 6) is 0.877. The Morgan fingerprint density at radius 2 is 1.90 bits per heavy atom. The standard InChI is InChI=1S/C18H28ClN/c1-3-20-18(12-15-8-6-4-5-7-9-15)16-11-10-14(2)17(19)13-16/h10-11,13,15,18,20H,3-9,12H2,1-2H3. The van der Waals surface area contributed by atoms with Crippen LogP contribution in [0.3, 0.4) is 0 Å². The molecule has 2 rings (SSSR count). The Kier molecular flexibility index (Phi) is 6.38. The summed E-state index contributed by atoms with van der Waals surface area (Å²) in [4.78, 5) is 0. The Morgan fingerprint density at radius 1 is 1.20 bits per heavy atom. The maximum Gasteiger partial charge on any atom is 0.0438 e. The van der Waals surface area contributed by atoms with Gasteiger partial charge in [-0.15, -0.1) is 0 Å². The van der Waals surface area contributed by atoms with Crippen molar-refractivity contribution in [2.75, 3.05) is 6.54 Å². The first kappa shape index (κ1) is 15.9. The van der Waals surface area contributed by atoms with Crippen LogP contribution in [-0.4, -0.2) is 6.54 Å². The van der Waals surface area contributed by atoms with Crippen molar-refractivity contribution in [3.8, 4) is 0 Å². The molecule has 1 atom stereocenters. The minimum absolute atomic E-state index is 0.459. The molecular formula is C18H28ClN. The minimum atomic E-state index is 0.459. The third-order valence-electron chi connectivity index (χ3n) is 4.59. The van der Waals surface area contributed by atoms with Gasteiger partial charge in [-0.05, 0) is 43.0 Å². The minimum Gasteiger partial charge on any atom is -0.310 e. The summed E-state index contributed by atoms with van der Waals surface area (Å²) in [5, 5.41) is 4.55. The number of rotatable bonds is 5. The van der Waals surface area contributed by atoms with E-state index >= 15 is 0 Å². The van der Waals surface area contributed by atoms with Crippen LogP contribution in [0.4, 0.5) is 0 Å². The molecule has 1 saturated carbocycles. The fraction of sp³-hybridized carbons (Fsp3) is 0.667. The monoisotopic (exact) mass is 293 g/mol. The van der Waals surface area contributed by atoms with Gasteiger partial charge >= 0.3 is 0 Å². The van der Waals surface area contributed by atoms with E-state index in [2.05, 4.69) is 37.4 Å². The van der Waals surface area contributed by atoms with Gasteiger partial charge in [-0.1, -0.05) is 69.2 Å². The van der Waals surface area contributed by atoms with Crippen molar-refractivity contribution in [2.45, 2.75) is 64.8 Å². The maximum absolute atomic E-state index is 6.30. The molecule has 112 valence electrons. The summed E-state index contributed by atoms with van der Waals surface area (Å²) in [6, 6.07) is 7.00. The Hall–Kier alpha value is -0.530. The second-order valence-corrected chi connectivity index (χ2v) is 6.62. The van der Waals surface area contributed by atoms with Crippen molar-refractivity contribution in [1.29, 1.82) is 0 Å². The highest BCUT2D eigenvalue weighted by Crippen LogP contribution is 2.32. The summed E-state index contributed by atoms with van der Waals surface area (Å²) >= 11 is 6.30. The van der Waals surface area contributed by atoms with Crippen LogP contribution in [0.2, 0.25) is 5.02 Å². The Balaban J connectivity index is 2.06. The average Bonchev–Trinajstić information content (AvgIpc) is 2.70. The number of nitrogens with one attached hydrogen (secondary N) is 1. The highest BCUT2D eigenvalue weighted by atomic mass is 35.5.